The van der Waals surface area contributed by atoms with E-state index in [1.165, 1.54) is 6.07 Å². The molecule has 1 saturated carbocycles. The Balaban J connectivity index is 2.32. The highest BCUT2D eigenvalue weighted by Gasteiger charge is 2.31. The highest BCUT2D eigenvalue weighted by Crippen LogP contribution is 2.39. The van der Waals surface area contributed by atoms with E-state index in [1.54, 1.807) is 13.0 Å². The van der Waals surface area contributed by atoms with Gasteiger partial charge in [0.2, 0.25) is 10.0 Å². The predicted molar refractivity (Wildman–Crippen MR) is 82.0 cm³/mol. The molecule has 1 aromatic rings. The van der Waals surface area contributed by atoms with E-state index >= 15 is 0 Å². The molecule has 0 spiro atoms. The molecule has 1 aliphatic carbocycles. The molecule has 0 amide bonds. The summed E-state index contributed by atoms with van der Waals surface area (Å²) in [5.74, 6) is 0. The molecule has 0 radical (unpaired) electrons. The fourth-order valence-electron chi connectivity index (χ4n) is 2.93. The Kier molecular flexibility index (Phi) is 3.73. The van der Waals surface area contributed by atoms with E-state index < -0.39 is 10.0 Å². The van der Waals surface area contributed by atoms with Crippen molar-refractivity contribution in [3.05, 3.63) is 17.7 Å². The van der Waals surface area contributed by atoms with Gasteiger partial charge in [-0.2, -0.15) is 0 Å². The van der Waals surface area contributed by atoms with Crippen molar-refractivity contribution in [2.75, 3.05) is 11.1 Å². The summed E-state index contributed by atoms with van der Waals surface area (Å²) in [5.41, 5.74) is 7.91. The van der Waals surface area contributed by atoms with Crippen LogP contribution in [0.25, 0.3) is 0 Å². The van der Waals surface area contributed by atoms with Gasteiger partial charge in [0, 0.05) is 17.4 Å². The number of nitrogen functional groups attached to an aromatic ring is 1. The van der Waals surface area contributed by atoms with Crippen LogP contribution < -0.4 is 16.2 Å². The van der Waals surface area contributed by atoms with Crippen LogP contribution in [0.15, 0.2) is 17.0 Å². The van der Waals surface area contributed by atoms with Gasteiger partial charge in [-0.25, -0.2) is 13.6 Å². The SMILES string of the molecule is Cc1c(NC2CCC(C)(C)C2)cc(N)cc1S(N)(=O)=O. The fourth-order valence-corrected chi connectivity index (χ4v) is 3.77. The Hall–Kier alpha value is -1.27. The van der Waals surface area contributed by atoms with Crippen molar-refractivity contribution in [2.45, 2.75) is 51.0 Å². The summed E-state index contributed by atoms with van der Waals surface area (Å²) in [6, 6.07) is 3.53. The minimum Gasteiger partial charge on any atom is -0.399 e. The van der Waals surface area contributed by atoms with E-state index in [0.29, 0.717) is 22.7 Å². The smallest absolute Gasteiger partial charge is 0.238 e. The van der Waals surface area contributed by atoms with Crippen LogP contribution in [0, 0.1) is 12.3 Å². The van der Waals surface area contributed by atoms with Crippen molar-refractivity contribution in [3.8, 4) is 0 Å². The van der Waals surface area contributed by atoms with Crippen molar-refractivity contribution in [2.24, 2.45) is 10.6 Å². The number of nitrogens with one attached hydrogen (secondary N) is 1. The third-order valence-electron chi connectivity index (χ3n) is 4.02. The number of rotatable bonds is 3. The summed E-state index contributed by atoms with van der Waals surface area (Å²) in [5, 5.41) is 8.65. The standard InChI is InChI=1S/C14H23N3O2S/c1-9-12(17-11-4-5-14(2,3)8-11)6-10(15)7-13(9)20(16,18)19/h6-7,11,17H,4-5,8,15H2,1-3H3,(H2,16,18,19). The molecule has 20 heavy (non-hydrogen) atoms. The molecule has 5 N–H and O–H groups in total. The van der Waals surface area contributed by atoms with Crippen molar-refractivity contribution in [1.29, 1.82) is 0 Å². The maximum atomic E-state index is 11.6. The normalized spacial score (nSPS) is 21.9. The first kappa shape index (κ1) is 15.1. The lowest BCUT2D eigenvalue weighted by Crippen LogP contribution is -2.20. The highest BCUT2D eigenvalue weighted by molar-refractivity contribution is 7.89. The van der Waals surface area contributed by atoms with Crippen LogP contribution in [0.4, 0.5) is 11.4 Å². The van der Waals surface area contributed by atoms with E-state index in [9.17, 15) is 8.42 Å². The van der Waals surface area contributed by atoms with Gasteiger partial charge in [0.25, 0.3) is 0 Å². The molecule has 1 unspecified atom stereocenters. The molecule has 1 aromatic carbocycles. The van der Waals surface area contributed by atoms with Gasteiger partial charge in [-0.3, -0.25) is 0 Å². The molecule has 0 aliphatic heterocycles. The van der Waals surface area contributed by atoms with E-state index in [1.807, 2.05) is 0 Å². The summed E-state index contributed by atoms with van der Waals surface area (Å²) >= 11 is 0. The monoisotopic (exact) mass is 297 g/mol. The number of nitrogens with two attached hydrogens (primary N) is 2. The lowest BCUT2D eigenvalue weighted by Gasteiger charge is -2.20. The minimum absolute atomic E-state index is 0.0947. The topological polar surface area (TPSA) is 98.2 Å². The fraction of sp³-hybridized carbons (Fsp3) is 0.571. The second-order valence-electron chi connectivity index (χ2n) is 6.48. The number of hydrogen-bond acceptors (Lipinski definition) is 4. The van der Waals surface area contributed by atoms with Crippen LogP contribution in [0.3, 0.4) is 0 Å². The summed E-state index contributed by atoms with van der Waals surface area (Å²) < 4.78 is 23.2. The minimum atomic E-state index is -3.75. The quantitative estimate of drug-likeness (QED) is 0.745. The molecule has 0 bridgehead atoms. The molecular formula is C14H23N3O2S. The molecule has 1 aliphatic rings. The van der Waals surface area contributed by atoms with E-state index in [-0.39, 0.29) is 4.90 Å². The Morgan fingerprint density at radius 1 is 1.35 bits per heavy atom. The number of hydrogen-bond donors (Lipinski definition) is 3. The zero-order valence-electron chi connectivity index (χ0n) is 12.2. The summed E-state index contributed by atoms with van der Waals surface area (Å²) in [7, 11) is -3.75. The molecule has 0 saturated heterocycles. The number of primary sulfonamides is 1. The largest absolute Gasteiger partial charge is 0.399 e. The third-order valence-corrected chi connectivity index (χ3v) is 5.05. The molecule has 2 rings (SSSR count). The average molecular weight is 297 g/mol. The van der Waals surface area contributed by atoms with Crippen LogP contribution in [0.2, 0.25) is 0 Å². The maximum Gasteiger partial charge on any atom is 0.238 e. The van der Waals surface area contributed by atoms with Gasteiger partial charge < -0.3 is 11.1 Å². The van der Waals surface area contributed by atoms with Crippen LogP contribution >= 0.6 is 0 Å². The zero-order chi connectivity index (χ0) is 15.1. The Morgan fingerprint density at radius 3 is 2.50 bits per heavy atom. The van der Waals surface area contributed by atoms with Crippen LogP contribution in [0.1, 0.15) is 38.7 Å². The Labute approximate surface area is 120 Å². The molecule has 0 aromatic heterocycles. The van der Waals surface area contributed by atoms with Gasteiger partial charge in [-0.1, -0.05) is 13.8 Å². The van der Waals surface area contributed by atoms with E-state index in [0.717, 1.165) is 24.9 Å². The van der Waals surface area contributed by atoms with Crippen LogP contribution in [-0.2, 0) is 10.0 Å². The predicted octanol–water partition coefficient (Wildman–Crippen LogP) is 2.22. The zero-order valence-corrected chi connectivity index (χ0v) is 13.0. The molecule has 5 nitrogen and oxygen atoms in total. The molecule has 1 fully saturated rings. The van der Waals surface area contributed by atoms with Crippen molar-refractivity contribution in [3.63, 3.8) is 0 Å². The van der Waals surface area contributed by atoms with Gasteiger partial charge in [-0.05, 0) is 49.3 Å². The second kappa shape index (κ2) is 4.93. The first-order valence-electron chi connectivity index (χ1n) is 6.78. The summed E-state index contributed by atoms with van der Waals surface area (Å²) in [4.78, 5) is 0.0947. The molecule has 1 atom stereocenters. The first-order chi connectivity index (χ1) is 9.08. The number of anilines is 2. The molecular weight excluding hydrogens is 274 g/mol. The van der Waals surface area contributed by atoms with E-state index in [2.05, 4.69) is 19.2 Å². The number of benzene rings is 1. The second-order valence-corrected chi connectivity index (χ2v) is 8.01. The van der Waals surface area contributed by atoms with Crippen molar-refractivity contribution >= 4 is 21.4 Å². The van der Waals surface area contributed by atoms with Gasteiger partial charge in [0.15, 0.2) is 0 Å². The lowest BCUT2D eigenvalue weighted by atomic mass is 9.92. The highest BCUT2D eigenvalue weighted by atomic mass is 32.2. The Morgan fingerprint density at radius 2 is 2.00 bits per heavy atom. The van der Waals surface area contributed by atoms with Gasteiger partial charge in [0.1, 0.15) is 0 Å². The molecule has 6 heteroatoms. The number of sulfonamides is 1. The first-order valence-corrected chi connectivity index (χ1v) is 8.33. The van der Waals surface area contributed by atoms with Crippen molar-refractivity contribution in [1.82, 2.24) is 0 Å². The summed E-state index contributed by atoms with van der Waals surface area (Å²) in [6.07, 6.45) is 3.30. The van der Waals surface area contributed by atoms with Crippen LogP contribution in [0.5, 0.6) is 0 Å². The van der Waals surface area contributed by atoms with Crippen LogP contribution in [-0.4, -0.2) is 14.5 Å². The third kappa shape index (κ3) is 3.24. The average Bonchev–Trinajstić information content (AvgIpc) is 2.61. The molecule has 0 heterocycles. The summed E-state index contributed by atoms with van der Waals surface area (Å²) in [6.45, 7) is 6.24. The lowest BCUT2D eigenvalue weighted by molar-refractivity contribution is 0.378. The maximum absolute atomic E-state index is 11.6. The van der Waals surface area contributed by atoms with E-state index in [4.69, 9.17) is 10.9 Å². The molecule has 112 valence electrons. The van der Waals surface area contributed by atoms with Crippen molar-refractivity contribution < 1.29 is 8.42 Å². The van der Waals surface area contributed by atoms with Gasteiger partial charge >= 0.3 is 0 Å². The van der Waals surface area contributed by atoms with Gasteiger partial charge in [0.05, 0.1) is 4.90 Å². The van der Waals surface area contributed by atoms with Gasteiger partial charge in [-0.15, -0.1) is 0 Å². The Bertz CT molecular complexity index is 624.